The molecule has 1 saturated carbocycles. The summed E-state index contributed by atoms with van der Waals surface area (Å²) in [4.78, 5) is 6.01. The number of hydrogen-bond acceptors (Lipinski definition) is 3. The molecule has 0 atom stereocenters. The highest BCUT2D eigenvalue weighted by Gasteiger charge is 2.17. The molecule has 27 heavy (non-hydrogen) atoms. The van der Waals surface area contributed by atoms with E-state index in [2.05, 4.69) is 35.8 Å². The monoisotopic (exact) mass is 422 g/mol. The lowest BCUT2D eigenvalue weighted by molar-refractivity contribution is 0.443. The SMILES string of the molecule is Cl.Clc1ccc2c(c1SCc1ccc(C3CCCCC3)cn1)CCNCC2. The maximum atomic E-state index is 6.55. The molecule has 0 bridgehead atoms. The summed E-state index contributed by atoms with van der Waals surface area (Å²) in [5.41, 5.74) is 5.46. The minimum absolute atomic E-state index is 0. The summed E-state index contributed by atoms with van der Waals surface area (Å²) >= 11 is 8.39. The van der Waals surface area contributed by atoms with Crippen LogP contribution in [0.25, 0.3) is 0 Å². The fourth-order valence-electron chi connectivity index (χ4n) is 4.21. The summed E-state index contributed by atoms with van der Waals surface area (Å²) in [5, 5.41) is 4.37. The average Bonchev–Trinajstić information content (AvgIpc) is 2.94. The number of nitrogens with zero attached hydrogens (tertiary/aromatic N) is 1. The highest BCUT2D eigenvalue weighted by molar-refractivity contribution is 7.98. The number of fused-ring (bicyclic) bond motifs is 1. The highest BCUT2D eigenvalue weighted by atomic mass is 35.5. The van der Waals surface area contributed by atoms with Crippen molar-refractivity contribution < 1.29 is 0 Å². The van der Waals surface area contributed by atoms with Crippen molar-refractivity contribution in [2.24, 2.45) is 0 Å². The van der Waals surface area contributed by atoms with Gasteiger partial charge >= 0.3 is 0 Å². The Morgan fingerprint density at radius 3 is 2.63 bits per heavy atom. The van der Waals surface area contributed by atoms with Gasteiger partial charge in [0.15, 0.2) is 0 Å². The lowest BCUT2D eigenvalue weighted by atomic mass is 9.85. The van der Waals surface area contributed by atoms with Gasteiger partial charge in [0.1, 0.15) is 0 Å². The quantitative estimate of drug-likeness (QED) is 0.594. The van der Waals surface area contributed by atoms with Crippen LogP contribution in [-0.4, -0.2) is 18.1 Å². The van der Waals surface area contributed by atoms with Crippen molar-refractivity contribution in [2.75, 3.05) is 13.1 Å². The zero-order chi connectivity index (χ0) is 17.8. The Morgan fingerprint density at radius 1 is 1.04 bits per heavy atom. The van der Waals surface area contributed by atoms with Crippen LogP contribution in [0.5, 0.6) is 0 Å². The van der Waals surface area contributed by atoms with Gasteiger partial charge in [-0.2, -0.15) is 0 Å². The summed E-state index contributed by atoms with van der Waals surface area (Å²) in [7, 11) is 0. The van der Waals surface area contributed by atoms with Crippen LogP contribution in [0.2, 0.25) is 5.02 Å². The van der Waals surface area contributed by atoms with Crippen LogP contribution < -0.4 is 5.32 Å². The second-order valence-electron chi connectivity index (χ2n) is 7.47. The summed E-state index contributed by atoms with van der Waals surface area (Å²) < 4.78 is 0. The van der Waals surface area contributed by atoms with E-state index in [4.69, 9.17) is 16.6 Å². The number of hydrogen-bond donors (Lipinski definition) is 1. The van der Waals surface area contributed by atoms with Crippen molar-refractivity contribution in [1.82, 2.24) is 10.3 Å². The van der Waals surface area contributed by atoms with Gasteiger partial charge in [0.25, 0.3) is 0 Å². The molecule has 1 fully saturated rings. The van der Waals surface area contributed by atoms with Crippen molar-refractivity contribution in [3.63, 3.8) is 0 Å². The molecule has 1 aromatic heterocycles. The van der Waals surface area contributed by atoms with E-state index in [-0.39, 0.29) is 12.4 Å². The van der Waals surface area contributed by atoms with Gasteiger partial charge in [-0.05, 0) is 73.5 Å². The molecule has 0 saturated heterocycles. The van der Waals surface area contributed by atoms with Crippen LogP contribution in [0.3, 0.4) is 0 Å². The van der Waals surface area contributed by atoms with E-state index >= 15 is 0 Å². The molecule has 1 aliphatic carbocycles. The molecule has 2 nitrogen and oxygen atoms in total. The molecular weight excluding hydrogens is 395 g/mol. The first-order valence-electron chi connectivity index (χ1n) is 9.90. The van der Waals surface area contributed by atoms with E-state index in [0.717, 1.165) is 48.3 Å². The second kappa shape index (κ2) is 10.2. The number of pyridine rings is 1. The maximum Gasteiger partial charge on any atom is 0.0544 e. The van der Waals surface area contributed by atoms with Crippen molar-refractivity contribution >= 4 is 35.8 Å². The number of nitrogens with one attached hydrogen (secondary N) is 1. The van der Waals surface area contributed by atoms with Crippen molar-refractivity contribution in [3.8, 4) is 0 Å². The number of aromatic nitrogens is 1. The topological polar surface area (TPSA) is 24.9 Å². The van der Waals surface area contributed by atoms with Gasteiger partial charge in [-0.15, -0.1) is 24.2 Å². The zero-order valence-electron chi connectivity index (χ0n) is 15.7. The smallest absolute Gasteiger partial charge is 0.0544 e. The normalized spacial score (nSPS) is 17.7. The third-order valence-electron chi connectivity index (χ3n) is 5.72. The van der Waals surface area contributed by atoms with Gasteiger partial charge in [-0.3, -0.25) is 4.98 Å². The predicted molar refractivity (Wildman–Crippen MR) is 119 cm³/mol. The lowest BCUT2D eigenvalue weighted by Gasteiger charge is -2.21. The fourth-order valence-corrected chi connectivity index (χ4v) is 5.63. The van der Waals surface area contributed by atoms with E-state index in [1.165, 1.54) is 53.7 Å². The molecule has 4 rings (SSSR count). The summed E-state index contributed by atoms with van der Waals surface area (Å²) in [5.74, 6) is 1.61. The van der Waals surface area contributed by atoms with Gasteiger partial charge in [-0.25, -0.2) is 0 Å². The summed E-state index contributed by atoms with van der Waals surface area (Å²) in [6.07, 6.45) is 11.1. The van der Waals surface area contributed by atoms with Crippen molar-refractivity contribution in [1.29, 1.82) is 0 Å². The minimum Gasteiger partial charge on any atom is -0.316 e. The first-order valence-corrected chi connectivity index (χ1v) is 11.3. The van der Waals surface area contributed by atoms with Gasteiger partial charge in [0.05, 0.1) is 10.7 Å². The molecular formula is C22H28Cl2N2S. The fraction of sp³-hybridized carbons (Fsp3) is 0.500. The predicted octanol–water partition coefficient (Wildman–Crippen LogP) is 6.19. The molecule has 0 unspecified atom stereocenters. The third kappa shape index (κ3) is 5.20. The number of rotatable bonds is 4. The largest absolute Gasteiger partial charge is 0.316 e. The number of halogens is 2. The molecule has 146 valence electrons. The Balaban J connectivity index is 0.00000210. The molecule has 1 N–H and O–H groups in total. The molecule has 0 amide bonds. The molecule has 5 heteroatoms. The van der Waals surface area contributed by atoms with E-state index in [1.54, 1.807) is 0 Å². The van der Waals surface area contributed by atoms with Crippen LogP contribution in [0, 0.1) is 0 Å². The Bertz CT molecular complexity index is 743. The summed E-state index contributed by atoms with van der Waals surface area (Å²) in [6.45, 7) is 2.10. The zero-order valence-corrected chi connectivity index (χ0v) is 18.1. The van der Waals surface area contributed by atoms with Crippen LogP contribution in [-0.2, 0) is 18.6 Å². The number of thioether (sulfide) groups is 1. The van der Waals surface area contributed by atoms with Gasteiger partial charge in [0.2, 0.25) is 0 Å². The van der Waals surface area contributed by atoms with Gasteiger partial charge < -0.3 is 5.32 Å². The van der Waals surface area contributed by atoms with Crippen LogP contribution in [0.4, 0.5) is 0 Å². The Hall–Kier alpha value is -0.740. The maximum absolute atomic E-state index is 6.55. The first-order chi connectivity index (χ1) is 12.8. The minimum atomic E-state index is 0. The van der Waals surface area contributed by atoms with Gasteiger partial charge in [0, 0.05) is 16.8 Å². The van der Waals surface area contributed by atoms with E-state index in [1.807, 2.05) is 11.8 Å². The third-order valence-corrected chi connectivity index (χ3v) is 7.34. The van der Waals surface area contributed by atoms with Crippen LogP contribution >= 0.6 is 35.8 Å². The number of benzene rings is 1. The lowest BCUT2D eigenvalue weighted by Crippen LogP contribution is -2.16. The van der Waals surface area contributed by atoms with E-state index in [9.17, 15) is 0 Å². The Labute approximate surface area is 178 Å². The highest BCUT2D eigenvalue weighted by Crippen LogP contribution is 2.36. The Kier molecular flexibility index (Phi) is 7.89. The molecule has 0 radical (unpaired) electrons. The molecule has 1 aliphatic heterocycles. The molecule has 2 aliphatic rings. The van der Waals surface area contributed by atoms with Crippen molar-refractivity contribution in [2.45, 2.75) is 61.5 Å². The first kappa shape index (κ1) is 21.0. The molecule has 0 spiro atoms. The molecule has 2 aromatic rings. The van der Waals surface area contributed by atoms with E-state index < -0.39 is 0 Å². The van der Waals surface area contributed by atoms with Crippen molar-refractivity contribution in [3.05, 3.63) is 57.9 Å². The van der Waals surface area contributed by atoms with Crippen LogP contribution in [0.15, 0.2) is 35.4 Å². The second-order valence-corrected chi connectivity index (χ2v) is 8.86. The standard InChI is InChI=1S/C22H27ClN2S.ClH/c23-21-9-7-17-10-12-24-13-11-20(17)22(21)26-15-19-8-6-18(14-25-19)16-4-2-1-3-5-16;/h6-9,14,16,24H,1-5,10-13,15H2;1H. The Morgan fingerprint density at radius 2 is 1.85 bits per heavy atom. The van der Waals surface area contributed by atoms with E-state index in [0.29, 0.717) is 0 Å². The molecule has 1 aromatic carbocycles. The van der Waals surface area contributed by atoms with Crippen LogP contribution in [0.1, 0.15) is 60.4 Å². The molecule has 2 heterocycles. The summed E-state index contributed by atoms with van der Waals surface area (Å²) in [6, 6.07) is 8.78. The van der Waals surface area contributed by atoms with Gasteiger partial charge in [-0.1, -0.05) is 43.0 Å². The average molecular weight is 423 g/mol.